The first-order chi connectivity index (χ1) is 14.0. The third-order valence-corrected chi connectivity index (χ3v) is 13.0. The van der Waals surface area contributed by atoms with E-state index < -0.39 is 24.6 Å². The Balaban J connectivity index is 2.83. The Hall–Kier alpha value is -2.48. The van der Waals surface area contributed by atoms with Crippen molar-refractivity contribution in [3.63, 3.8) is 0 Å². The van der Waals surface area contributed by atoms with E-state index in [4.69, 9.17) is 28.4 Å². The fraction of sp³-hybridized carbons (Fsp3) is 0.300. The van der Waals surface area contributed by atoms with Crippen LogP contribution in [0.15, 0.2) is 12.1 Å². The molecule has 0 aliphatic heterocycles. The molecule has 152 valence electrons. The molecule has 2 aromatic rings. The summed E-state index contributed by atoms with van der Waals surface area (Å²) in [7, 11) is 8.95. The van der Waals surface area contributed by atoms with Crippen molar-refractivity contribution in [3.8, 4) is 34.5 Å². The predicted octanol–water partition coefficient (Wildman–Crippen LogP) is 1.40. The Morgan fingerprint density at radius 2 is 0.931 bits per heavy atom. The van der Waals surface area contributed by atoms with Crippen molar-refractivity contribution in [1.82, 2.24) is 0 Å². The molecular formula is C20H22HgO8. The number of benzene rings is 2. The molecule has 0 spiro atoms. The van der Waals surface area contributed by atoms with E-state index in [9.17, 15) is 9.59 Å². The summed E-state index contributed by atoms with van der Waals surface area (Å²) >= 11 is -2.46. The molecule has 0 aliphatic carbocycles. The first-order valence-corrected chi connectivity index (χ1v) is 14.1. The van der Waals surface area contributed by atoms with E-state index >= 15 is 0 Å². The Morgan fingerprint density at radius 1 is 0.586 bits per heavy atom. The minimum atomic E-state index is -2.46. The zero-order valence-corrected chi connectivity index (χ0v) is 22.8. The number of methoxy groups -OCH3 is 6. The van der Waals surface area contributed by atoms with Gasteiger partial charge < -0.3 is 0 Å². The predicted molar refractivity (Wildman–Crippen MR) is 102 cm³/mol. The molecule has 0 radical (unpaired) electrons. The quantitative estimate of drug-likeness (QED) is 0.303. The molecule has 0 saturated heterocycles. The van der Waals surface area contributed by atoms with Crippen molar-refractivity contribution in [2.45, 2.75) is 0 Å². The van der Waals surface area contributed by atoms with Gasteiger partial charge in [-0.25, -0.2) is 0 Å². The summed E-state index contributed by atoms with van der Waals surface area (Å²) in [6, 6.07) is 3.22. The van der Waals surface area contributed by atoms with Gasteiger partial charge in [0.2, 0.25) is 0 Å². The standard InChI is InChI=1S/2C10H11O4.Hg/c2*1-12-8-4-7(6-11)5-9(13-2)10(8)14-3;/h2*4,6H,1-3H3;. The number of ether oxygens (including phenoxy) is 6. The van der Waals surface area contributed by atoms with Gasteiger partial charge in [-0.3, -0.25) is 0 Å². The summed E-state index contributed by atoms with van der Waals surface area (Å²) in [6.07, 6.45) is 1.49. The molecule has 0 amide bonds. The molecule has 8 nitrogen and oxygen atoms in total. The summed E-state index contributed by atoms with van der Waals surface area (Å²) < 4.78 is 34.2. The number of rotatable bonds is 10. The number of aldehydes is 2. The van der Waals surface area contributed by atoms with E-state index in [1.165, 1.54) is 42.7 Å². The molecular weight excluding hydrogens is 569 g/mol. The molecule has 29 heavy (non-hydrogen) atoms. The normalized spacial score (nSPS) is 9.86. The summed E-state index contributed by atoms with van der Waals surface area (Å²) in [6.45, 7) is 0. The molecule has 0 fully saturated rings. The molecule has 0 N–H and O–H groups in total. The Kier molecular flexibility index (Phi) is 8.13. The van der Waals surface area contributed by atoms with Crippen LogP contribution in [0.25, 0.3) is 0 Å². The first kappa shape index (κ1) is 22.8. The summed E-state index contributed by atoms with van der Waals surface area (Å²) in [5, 5.41) is 0. The summed E-state index contributed by atoms with van der Waals surface area (Å²) in [5.41, 5.74) is 0.852. The summed E-state index contributed by atoms with van der Waals surface area (Å²) in [5.74, 6) is 2.40. The van der Waals surface area contributed by atoms with Crippen LogP contribution in [0.4, 0.5) is 0 Å². The second-order valence-corrected chi connectivity index (χ2v) is 12.7. The molecule has 0 aromatic heterocycles. The van der Waals surface area contributed by atoms with Crippen molar-refractivity contribution in [2.75, 3.05) is 42.7 Å². The van der Waals surface area contributed by atoms with Gasteiger partial charge in [0.1, 0.15) is 0 Å². The average Bonchev–Trinajstić information content (AvgIpc) is 2.77. The molecule has 2 rings (SSSR count). The van der Waals surface area contributed by atoms with Gasteiger partial charge in [-0.15, -0.1) is 0 Å². The van der Waals surface area contributed by atoms with Crippen molar-refractivity contribution in [2.24, 2.45) is 0 Å². The fourth-order valence-corrected chi connectivity index (χ4v) is 11.2. The second-order valence-electron chi connectivity index (χ2n) is 5.84. The average molecular weight is 591 g/mol. The SMILES string of the molecule is COc1cc(C=O)[c]([Hg][c]2c(C=O)cc(OC)c(OC)c2OC)c(OC)c1OC. The zero-order valence-electron chi connectivity index (χ0n) is 17.3. The molecule has 0 unspecified atom stereocenters. The van der Waals surface area contributed by atoms with Crippen LogP contribution < -0.4 is 34.6 Å². The van der Waals surface area contributed by atoms with E-state index in [0.29, 0.717) is 45.6 Å². The number of hydrogen-bond acceptors (Lipinski definition) is 8. The molecule has 9 heteroatoms. The monoisotopic (exact) mass is 592 g/mol. The third-order valence-electron chi connectivity index (χ3n) is 4.54. The van der Waals surface area contributed by atoms with Crippen LogP contribution in [-0.4, -0.2) is 55.2 Å². The van der Waals surface area contributed by atoms with Crippen LogP contribution in [-0.2, 0) is 24.6 Å². The fourth-order valence-electron chi connectivity index (χ4n) is 3.22. The second kappa shape index (κ2) is 10.3. The van der Waals surface area contributed by atoms with Gasteiger partial charge in [0, 0.05) is 0 Å². The summed E-state index contributed by atoms with van der Waals surface area (Å²) in [4.78, 5) is 23.6. The van der Waals surface area contributed by atoms with Crippen LogP contribution in [0.5, 0.6) is 34.5 Å². The van der Waals surface area contributed by atoms with Crippen LogP contribution in [0, 0.1) is 0 Å². The van der Waals surface area contributed by atoms with Gasteiger partial charge >= 0.3 is 182 Å². The van der Waals surface area contributed by atoms with E-state index in [1.54, 1.807) is 12.1 Å². The van der Waals surface area contributed by atoms with E-state index in [2.05, 4.69) is 0 Å². The maximum absolute atomic E-state index is 11.8. The van der Waals surface area contributed by atoms with Crippen molar-refractivity contribution >= 4 is 18.7 Å². The van der Waals surface area contributed by atoms with Crippen LogP contribution >= 0.6 is 0 Å². The molecule has 0 saturated carbocycles. The minimum absolute atomic E-state index is 0.387. The van der Waals surface area contributed by atoms with E-state index in [0.717, 1.165) is 18.7 Å². The molecule has 0 heterocycles. The van der Waals surface area contributed by atoms with Gasteiger partial charge in [0.25, 0.3) is 0 Å². The number of hydrogen-bond donors (Lipinski definition) is 0. The van der Waals surface area contributed by atoms with Gasteiger partial charge in [0.15, 0.2) is 0 Å². The third kappa shape index (κ3) is 4.27. The Labute approximate surface area is 181 Å². The molecule has 0 bridgehead atoms. The van der Waals surface area contributed by atoms with E-state index in [-0.39, 0.29) is 0 Å². The molecule has 2 aromatic carbocycles. The van der Waals surface area contributed by atoms with Gasteiger partial charge in [-0.05, 0) is 0 Å². The van der Waals surface area contributed by atoms with Crippen molar-refractivity contribution in [3.05, 3.63) is 23.3 Å². The van der Waals surface area contributed by atoms with Crippen LogP contribution in [0.3, 0.4) is 0 Å². The van der Waals surface area contributed by atoms with Gasteiger partial charge in [-0.2, -0.15) is 0 Å². The Bertz CT molecular complexity index is 837. The molecule has 0 aliphatic rings. The van der Waals surface area contributed by atoms with Crippen LogP contribution in [0.2, 0.25) is 0 Å². The van der Waals surface area contributed by atoms with Crippen LogP contribution in [0.1, 0.15) is 20.7 Å². The number of carbonyl (C=O) groups excluding carboxylic acids is 2. The topological polar surface area (TPSA) is 89.5 Å². The first-order valence-electron chi connectivity index (χ1n) is 8.58. The maximum atomic E-state index is 11.8. The van der Waals surface area contributed by atoms with E-state index in [1.807, 2.05) is 0 Å². The van der Waals surface area contributed by atoms with Crippen molar-refractivity contribution < 1.29 is 62.6 Å². The zero-order chi connectivity index (χ0) is 21.6. The Morgan fingerprint density at radius 3 is 1.17 bits per heavy atom. The number of carbonyl (C=O) groups is 2. The van der Waals surface area contributed by atoms with Gasteiger partial charge in [-0.1, -0.05) is 0 Å². The van der Waals surface area contributed by atoms with Crippen molar-refractivity contribution in [1.29, 1.82) is 0 Å². The van der Waals surface area contributed by atoms with Gasteiger partial charge in [0.05, 0.1) is 0 Å². The molecule has 0 atom stereocenters.